The van der Waals surface area contributed by atoms with Gasteiger partial charge in [-0.1, -0.05) is 5.16 Å². The fraction of sp³-hybridized carbons (Fsp3) is 0.500. The summed E-state index contributed by atoms with van der Waals surface area (Å²) < 4.78 is 26.7. The minimum absolute atomic E-state index is 0.0129. The number of amides is 2. The van der Waals surface area contributed by atoms with Crippen molar-refractivity contribution in [3.05, 3.63) is 23.1 Å². The quantitative estimate of drug-likeness (QED) is 0.526. The van der Waals surface area contributed by atoms with Crippen molar-refractivity contribution in [1.29, 1.82) is 0 Å². The van der Waals surface area contributed by atoms with Crippen LogP contribution >= 0.6 is 0 Å². The van der Waals surface area contributed by atoms with Crippen LogP contribution in [0.15, 0.2) is 10.6 Å². The number of nitrogens with zero attached hydrogens (tertiary/aromatic N) is 2. The Hall–Kier alpha value is -2.81. The Morgan fingerprint density at radius 1 is 1.31 bits per heavy atom. The molecule has 152 valence electrons. The van der Waals surface area contributed by atoms with Crippen LogP contribution in [0.5, 0.6) is 0 Å². The van der Waals surface area contributed by atoms with E-state index < -0.39 is 41.0 Å². The van der Waals surface area contributed by atoms with Crippen LogP contribution in [0, 0.1) is 18.2 Å². The molecule has 9 heteroatoms. The van der Waals surface area contributed by atoms with Gasteiger partial charge in [0.05, 0.1) is 36.1 Å². The van der Waals surface area contributed by atoms with Gasteiger partial charge < -0.3 is 14.2 Å². The largest absolute Gasteiger partial charge is 0.372 e. The van der Waals surface area contributed by atoms with Crippen molar-refractivity contribution in [2.75, 3.05) is 11.4 Å². The number of anilines is 1. The number of imide groups is 1. The Morgan fingerprint density at radius 2 is 2.07 bits per heavy atom. The highest BCUT2D eigenvalue weighted by Crippen LogP contribution is 2.49. The molecule has 1 N–H and O–H groups in total. The van der Waals surface area contributed by atoms with Crippen molar-refractivity contribution >= 4 is 34.3 Å². The second-order valence-corrected chi connectivity index (χ2v) is 8.22. The molecule has 3 aliphatic heterocycles. The lowest BCUT2D eigenvalue weighted by atomic mass is 9.63. The number of fused-ring (bicyclic) bond motifs is 5. The first kappa shape index (κ1) is 18.2. The number of morpholine rings is 1. The lowest BCUT2D eigenvalue weighted by molar-refractivity contribution is -0.158. The maximum Gasteiger partial charge on any atom is 0.242 e. The van der Waals surface area contributed by atoms with Crippen molar-refractivity contribution < 1.29 is 28.0 Å². The number of rotatable bonds is 0. The Kier molecular flexibility index (Phi) is 3.68. The summed E-state index contributed by atoms with van der Waals surface area (Å²) in [5, 5.41) is 6.68. The van der Waals surface area contributed by atoms with Gasteiger partial charge in [-0.05, 0) is 38.8 Å². The first-order valence-electron chi connectivity index (χ1n) is 9.61. The molecule has 0 radical (unpaired) electrons. The number of carbonyl (C=O) groups excluding carboxylic acids is 3. The van der Waals surface area contributed by atoms with E-state index in [0.717, 1.165) is 0 Å². The van der Waals surface area contributed by atoms with Gasteiger partial charge in [-0.2, -0.15) is 0 Å². The van der Waals surface area contributed by atoms with Crippen molar-refractivity contribution in [3.63, 3.8) is 0 Å². The summed E-state index contributed by atoms with van der Waals surface area (Å²) >= 11 is 0. The molecule has 2 fully saturated rings. The fourth-order valence-corrected chi connectivity index (χ4v) is 5.26. The summed E-state index contributed by atoms with van der Waals surface area (Å²) in [6, 6.07) is 1.00. The summed E-state index contributed by atoms with van der Waals surface area (Å²) in [5.74, 6) is -2.28. The number of benzene rings is 1. The molecule has 0 aliphatic carbocycles. The first-order chi connectivity index (χ1) is 13.7. The molecule has 4 atom stereocenters. The Bertz CT molecular complexity index is 1070. The summed E-state index contributed by atoms with van der Waals surface area (Å²) in [7, 11) is 0. The normalized spacial score (nSPS) is 31.8. The van der Waals surface area contributed by atoms with Crippen molar-refractivity contribution in [1.82, 2.24) is 10.5 Å². The van der Waals surface area contributed by atoms with Gasteiger partial charge in [-0.3, -0.25) is 19.7 Å². The Labute approximate surface area is 165 Å². The molecule has 1 aromatic carbocycles. The third-order valence-corrected chi connectivity index (χ3v) is 6.36. The second-order valence-electron chi connectivity index (χ2n) is 8.22. The van der Waals surface area contributed by atoms with E-state index in [9.17, 15) is 14.4 Å². The highest BCUT2D eigenvalue weighted by molar-refractivity contribution is 6.22. The first-order valence-corrected chi connectivity index (χ1v) is 9.61. The third-order valence-electron chi connectivity index (χ3n) is 6.36. The standard InChI is InChI=1S/C20H20FN3O5/c1-8-7-24-16-11(4-12-9(2)23-29-17(12)15(16)21)6-20(18(24)10(3)28-8)13(25)5-14(26)22-19(20)27/h4,8,10,18H,5-7H2,1-3H3,(H,22,26,27)/t8-,10+,18-,20?/m1/s1. The molecular formula is C20H20FN3O5. The number of aromatic nitrogens is 1. The Morgan fingerprint density at radius 3 is 2.79 bits per heavy atom. The number of piperidine rings is 1. The highest BCUT2D eigenvalue weighted by atomic mass is 19.1. The molecule has 1 aromatic heterocycles. The smallest absolute Gasteiger partial charge is 0.242 e. The molecule has 1 unspecified atom stereocenters. The van der Waals surface area contributed by atoms with Crippen LogP contribution in [-0.4, -0.2) is 47.5 Å². The molecule has 5 rings (SSSR count). The van der Waals surface area contributed by atoms with Gasteiger partial charge >= 0.3 is 0 Å². The Balaban J connectivity index is 1.79. The minimum atomic E-state index is -1.52. The van der Waals surface area contributed by atoms with Crippen LogP contribution in [0.25, 0.3) is 11.0 Å². The SMILES string of the molecule is Cc1noc2c(F)c3c(cc12)CC1(C(=O)CC(=O)NC1=O)[C@H]1[C@H](C)O[C@H](C)CN31. The molecule has 2 saturated heterocycles. The molecule has 0 bridgehead atoms. The van der Waals surface area contributed by atoms with Crippen molar-refractivity contribution in [3.8, 4) is 0 Å². The van der Waals surface area contributed by atoms with E-state index in [1.807, 2.05) is 6.92 Å². The monoisotopic (exact) mass is 401 g/mol. The molecule has 8 nitrogen and oxygen atoms in total. The molecule has 1 spiro atoms. The maximum absolute atomic E-state index is 15.5. The van der Waals surface area contributed by atoms with Crippen LogP contribution < -0.4 is 10.2 Å². The number of hydrogen-bond donors (Lipinski definition) is 1. The molecular weight excluding hydrogens is 381 g/mol. The number of nitrogens with one attached hydrogen (secondary N) is 1. The molecule has 4 heterocycles. The van der Waals surface area contributed by atoms with Crippen molar-refractivity contribution in [2.24, 2.45) is 5.41 Å². The number of ether oxygens (including phenoxy) is 1. The molecule has 29 heavy (non-hydrogen) atoms. The van der Waals surface area contributed by atoms with Crippen LogP contribution in [-0.2, 0) is 25.5 Å². The van der Waals surface area contributed by atoms with Gasteiger partial charge in [-0.25, -0.2) is 4.39 Å². The molecule has 3 aliphatic rings. The second kappa shape index (κ2) is 5.85. The average Bonchev–Trinajstić information content (AvgIpc) is 3.00. The number of aryl methyl sites for hydroxylation is 1. The van der Waals surface area contributed by atoms with Crippen LogP contribution in [0.1, 0.15) is 31.5 Å². The summed E-state index contributed by atoms with van der Waals surface area (Å²) in [4.78, 5) is 39.8. The zero-order chi connectivity index (χ0) is 20.7. The van der Waals surface area contributed by atoms with Crippen LogP contribution in [0.2, 0.25) is 0 Å². The van der Waals surface area contributed by atoms with E-state index in [2.05, 4.69) is 10.5 Å². The molecule has 2 aromatic rings. The number of hydrogen-bond acceptors (Lipinski definition) is 7. The topological polar surface area (TPSA) is 102 Å². The number of halogens is 1. The van der Waals surface area contributed by atoms with Gasteiger partial charge in [0.15, 0.2) is 11.6 Å². The average molecular weight is 401 g/mol. The van der Waals surface area contributed by atoms with Crippen LogP contribution in [0.4, 0.5) is 10.1 Å². The zero-order valence-electron chi connectivity index (χ0n) is 16.2. The van der Waals surface area contributed by atoms with Gasteiger partial charge in [0.2, 0.25) is 17.4 Å². The van der Waals surface area contributed by atoms with E-state index >= 15 is 4.39 Å². The van der Waals surface area contributed by atoms with Gasteiger partial charge in [0, 0.05) is 11.9 Å². The predicted octanol–water partition coefficient (Wildman–Crippen LogP) is 1.42. The van der Waals surface area contributed by atoms with E-state index in [0.29, 0.717) is 28.9 Å². The van der Waals surface area contributed by atoms with Crippen molar-refractivity contribution in [2.45, 2.75) is 51.9 Å². The fourth-order valence-electron chi connectivity index (χ4n) is 5.26. The van der Waals surface area contributed by atoms with E-state index in [-0.39, 0.29) is 24.5 Å². The molecule has 0 saturated carbocycles. The zero-order valence-corrected chi connectivity index (χ0v) is 16.2. The number of ketones is 1. The summed E-state index contributed by atoms with van der Waals surface area (Å²) in [6.45, 7) is 5.63. The van der Waals surface area contributed by atoms with Crippen LogP contribution in [0.3, 0.4) is 0 Å². The molecule has 2 amide bonds. The highest BCUT2D eigenvalue weighted by Gasteiger charge is 2.62. The van der Waals surface area contributed by atoms with E-state index in [4.69, 9.17) is 9.26 Å². The van der Waals surface area contributed by atoms with Gasteiger partial charge in [0.1, 0.15) is 5.41 Å². The maximum atomic E-state index is 15.5. The third kappa shape index (κ3) is 2.27. The number of Topliss-reactive ketones (excluding diaryl/α,β-unsaturated/α-hetero) is 1. The minimum Gasteiger partial charge on any atom is -0.372 e. The lowest BCUT2D eigenvalue weighted by Crippen LogP contribution is -2.72. The summed E-state index contributed by atoms with van der Waals surface area (Å²) in [5.41, 5.74) is -0.111. The van der Waals surface area contributed by atoms with Gasteiger partial charge in [-0.15, -0.1) is 0 Å². The van der Waals surface area contributed by atoms with E-state index in [1.54, 1.807) is 24.8 Å². The van der Waals surface area contributed by atoms with E-state index in [1.165, 1.54) is 0 Å². The van der Waals surface area contributed by atoms with Gasteiger partial charge in [0.25, 0.3) is 0 Å². The summed E-state index contributed by atoms with van der Waals surface area (Å²) in [6.07, 6.45) is -1.16. The number of carbonyl (C=O) groups is 3. The lowest BCUT2D eigenvalue weighted by Gasteiger charge is -2.55. The predicted molar refractivity (Wildman–Crippen MR) is 98.8 cm³/mol.